The molecule has 0 saturated heterocycles. The molecular weight excluding hydrogens is 581 g/mol. The lowest BCUT2D eigenvalue weighted by molar-refractivity contribution is 0.181. The van der Waals surface area contributed by atoms with Gasteiger partial charge in [-0.3, -0.25) is 9.80 Å². The second kappa shape index (κ2) is 16.6. The van der Waals surface area contributed by atoms with Crippen molar-refractivity contribution >= 4 is 22.7 Å². The molecule has 4 nitrogen and oxygen atoms in total. The van der Waals surface area contributed by atoms with Crippen LogP contribution in [0.4, 0.5) is 0 Å². The molecule has 2 aromatic heterocycles. The van der Waals surface area contributed by atoms with E-state index in [0.717, 1.165) is 64.5 Å². The summed E-state index contributed by atoms with van der Waals surface area (Å²) in [5, 5.41) is 24.3. The van der Waals surface area contributed by atoms with Gasteiger partial charge in [0.2, 0.25) is 0 Å². The zero-order chi connectivity index (χ0) is 30.7. The predicted molar refractivity (Wildman–Crippen MR) is 188 cm³/mol. The van der Waals surface area contributed by atoms with Gasteiger partial charge in [0.1, 0.15) is 11.5 Å². The number of benzene rings is 2. The molecule has 0 radical (unpaired) electrons. The van der Waals surface area contributed by atoms with Gasteiger partial charge in [-0.15, -0.1) is 22.7 Å². The fourth-order valence-electron chi connectivity index (χ4n) is 7.10. The van der Waals surface area contributed by atoms with Crippen molar-refractivity contribution in [3.05, 3.63) is 103 Å². The Bertz CT molecular complexity index is 1290. The Morgan fingerprint density at radius 2 is 1.07 bits per heavy atom. The molecule has 6 heteroatoms. The van der Waals surface area contributed by atoms with Crippen LogP contribution in [-0.2, 0) is 38.5 Å². The van der Waals surface area contributed by atoms with Crippen LogP contribution in [0.2, 0.25) is 0 Å². The fourth-order valence-corrected chi connectivity index (χ4v) is 8.50. The van der Waals surface area contributed by atoms with E-state index in [0.29, 0.717) is 23.6 Å². The fraction of sp³-hybridized carbons (Fsp3) is 0.474. The second-order valence-electron chi connectivity index (χ2n) is 12.4. The molecular formula is C38H50N2O2S2. The van der Waals surface area contributed by atoms with Gasteiger partial charge in [-0.1, -0.05) is 50.2 Å². The Balaban J connectivity index is 0.000000175. The van der Waals surface area contributed by atoms with E-state index in [1.165, 1.54) is 57.9 Å². The molecule has 0 amide bonds. The molecule has 2 aliphatic rings. The van der Waals surface area contributed by atoms with E-state index in [2.05, 4.69) is 70.8 Å². The van der Waals surface area contributed by atoms with Crippen LogP contribution >= 0.6 is 22.7 Å². The Morgan fingerprint density at radius 1 is 0.614 bits per heavy atom. The highest BCUT2D eigenvalue weighted by molar-refractivity contribution is 7.10. The van der Waals surface area contributed by atoms with Crippen molar-refractivity contribution < 1.29 is 10.2 Å². The van der Waals surface area contributed by atoms with Crippen LogP contribution in [0, 0.1) is 0 Å². The zero-order valence-electron chi connectivity index (χ0n) is 26.6. The van der Waals surface area contributed by atoms with Crippen molar-refractivity contribution in [2.45, 2.75) is 90.1 Å². The number of phenolic OH excluding ortho intramolecular Hbond substituents is 2. The highest BCUT2D eigenvalue weighted by Gasteiger charge is 2.26. The van der Waals surface area contributed by atoms with E-state index < -0.39 is 0 Å². The Hall–Kier alpha value is -2.64. The van der Waals surface area contributed by atoms with Gasteiger partial charge < -0.3 is 10.2 Å². The molecule has 2 heterocycles. The molecule has 0 saturated carbocycles. The summed E-state index contributed by atoms with van der Waals surface area (Å²) in [4.78, 5) is 8.28. The first-order valence-corrected chi connectivity index (χ1v) is 18.4. The highest BCUT2D eigenvalue weighted by Crippen LogP contribution is 2.32. The van der Waals surface area contributed by atoms with Gasteiger partial charge in [-0.05, 0) is 135 Å². The van der Waals surface area contributed by atoms with Gasteiger partial charge in [0.05, 0.1) is 0 Å². The van der Waals surface area contributed by atoms with Crippen LogP contribution in [0.3, 0.4) is 0 Å². The molecule has 236 valence electrons. The molecule has 44 heavy (non-hydrogen) atoms. The summed E-state index contributed by atoms with van der Waals surface area (Å²) in [6, 6.07) is 22.0. The summed E-state index contributed by atoms with van der Waals surface area (Å²) in [6.07, 6.45) is 11.2. The van der Waals surface area contributed by atoms with E-state index in [1.54, 1.807) is 0 Å². The summed E-state index contributed by atoms with van der Waals surface area (Å²) in [7, 11) is 0. The normalized spacial score (nSPS) is 17.6. The van der Waals surface area contributed by atoms with Gasteiger partial charge >= 0.3 is 0 Å². The third-order valence-electron chi connectivity index (χ3n) is 9.37. The molecule has 0 spiro atoms. The Morgan fingerprint density at radius 3 is 1.45 bits per heavy atom. The molecule has 2 aliphatic carbocycles. The van der Waals surface area contributed by atoms with Crippen LogP contribution in [0.1, 0.15) is 71.5 Å². The summed E-state index contributed by atoms with van der Waals surface area (Å²) < 4.78 is 0. The maximum Gasteiger partial charge on any atom is 0.119 e. The number of thiophene rings is 2. The zero-order valence-corrected chi connectivity index (χ0v) is 28.2. The number of rotatable bonds is 12. The monoisotopic (exact) mass is 630 g/mol. The molecule has 2 N–H and O–H groups in total. The number of hydrogen-bond donors (Lipinski definition) is 2. The first-order chi connectivity index (χ1) is 21.6. The first-order valence-electron chi connectivity index (χ1n) is 16.7. The molecule has 0 aliphatic heterocycles. The van der Waals surface area contributed by atoms with Gasteiger partial charge in [-0.2, -0.15) is 0 Å². The number of nitrogens with zero attached hydrogens (tertiary/aromatic N) is 2. The van der Waals surface area contributed by atoms with Crippen molar-refractivity contribution in [3.8, 4) is 11.5 Å². The lowest BCUT2D eigenvalue weighted by Crippen LogP contribution is -2.41. The van der Waals surface area contributed by atoms with E-state index in [1.807, 2.05) is 46.9 Å². The van der Waals surface area contributed by atoms with Crippen molar-refractivity contribution in [1.29, 1.82) is 0 Å². The molecule has 0 bridgehead atoms. The molecule has 2 unspecified atom stereocenters. The summed E-state index contributed by atoms with van der Waals surface area (Å²) >= 11 is 3.72. The van der Waals surface area contributed by atoms with Crippen molar-refractivity contribution in [2.75, 3.05) is 26.2 Å². The van der Waals surface area contributed by atoms with Gasteiger partial charge in [0.25, 0.3) is 0 Å². The topological polar surface area (TPSA) is 46.9 Å². The van der Waals surface area contributed by atoms with Crippen LogP contribution in [0.25, 0.3) is 0 Å². The van der Waals surface area contributed by atoms with Crippen molar-refractivity contribution in [2.24, 2.45) is 0 Å². The predicted octanol–water partition coefficient (Wildman–Crippen LogP) is 8.53. The number of phenols is 2. The third kappa shape index (κ3) is 8.75. The maximum absolute atomic E-state index is 10.0. The summed E-state index contributed by atoms with van der Waals surface area (Å²) in [5.41, 5.74) is 5.03. The highest BCUT2D eigenvalue weighted by atomic mass is 32.1. The quantitative estimate of drug-likeness (QED) is 0.165. The maximum atomic E-state index is 10.0. The smallest absolute Gasteiger partial charge is 0.119 e. The largest absolute Gasteiger partial charge is 0.508 e. The molecule has 2 aromatic carbocycles. The van der Waals surface area contributed by atoms with E-state index >= 15 is 0 Å². The lowest BCUT2D eigenvalue weighted by atomic mass is 9.86. The average molecular weight is 631 g/mol. The van der Waals surface area contributed by atoms with E-state index in [-0.39, 0.29) is 0 Å². The first kappa shape index (κ1) is 32.7. The lowest BCUT2D eigenvalue weighted by Gasteiger charge is -2.35. The number of hydrogen-bond acceptors (Lipinski definition) is 6. The minimum Gasteiger partial charge on any atom is -0.508 e. The third-order valence-corrected chi connectivity index (χ3v) is 11.2. The van der Waals surface area contributed by atoms with E-state index in [9.17, 15) is 10.2 Å². The van der Waals surface area contributed by atoms with E-state index in [4.69, 9.17) is 0 Å². The van der Waals surface area contributed by atoms with Crippen LogP contribution < -0.4 is 0 Å². The minimum absolute atomic E-state index is 0.483. The summed E-state index contributed by atoms with van der Waals surface area (Å²) in [5.74, 6) is 0.966. The van der Waals surface area contributed by atoms with Crippen molar-refractivity contribution in [3.63, 3.8) is 0 Å². The average Bonchev–Trinajstić information content (AvgIpc) is 3.77. The molecule has 4 aromatic rings. The second-order valence-corrected chi connectivity index (χ2v) is 14.4. The SMILES string of the molecule is CCCN(CCc1cccs1)C1CCc2c(O)cccc2C1.CCCN(CCc1cccs1)C1CCc2c(O)cccc2C1. The van der Waals surface area contributed by atoms with Crippen LogP contribution in [-0.4, -0.2) is 58.3 Å². The number of aromatic hydroxyl groups is 2. The van der Waals surface area contributed by atoms with Gasteiger partial charge in [-0.25, -0.2) is 0 Å². The van der Waals surface area contributed by atoms with Crippen molar-refractivity contribution in [1.82, 2.24) is 9.80 Å². The standard InChI is InChI=1S/2C19H25NOS/c2*1-2-11-20(12-10-17-6-4-13-22-17)16-8-9-18-15(14-16)5-3-7-19(18)21/h2*3-7,13,16,21H,2,8-12,14H2,1H3. The molecule has 2 atom stereocenters. The summed E-state index contributed by atoms with van der Waals surface area (Å²) in [6.45, 7) is 9.16. The van der Waals surface area contributed by atoms with Crippen LogP contribution in [0.15, 0.2) is 71.4 Å². The van der Waals surface area contributed by atoms with Gasteiger partial charge in [0, 0.05) is 34.9 Å². The minimum atomic E-state index is 0.483. The molecule has 6 rings (SSSR count). The Kier molecular flexibility index (Phi) is 12.4. The number of fused-ring (bicyclic) bond motifs is 2. The molecule has 0 fully saturated rings. The van der Waals surface area contributed by atoms with Crippen LogP contribution in [0.5, 0.6) is 11.5 Å². The Labute approximate surface area is 273 Å². The van der Waals surface area contributed by atoms with Gasteiger partial charge in [0.15, 0.2) is 0 Å².